The summed E-state index contributed by atoms with van der Waals surface area (Å²) in [5.74, 6) is 0.946. The van der Waals surface area contributed by atoms with Crippen LogP contribution < -0.4 is 10.4 Å². The second-order valence-electron chi connectivity index (χ2n) is 4.30. The van der Waals surface area contributed by atoms with E-state index in [1.165, 1.54) is 6.07 Å². The lowest BCUT2D eigenvalue weighted by Crippen LogP contribution is -2.12. The van der Waals surface area contributed by atoms with Crippen LogP contribution in [0.15, 0.2) is 44.5 Å². The maximum atomic E-state index is 11.8. The van der Waals surface area contributed by atoms with E-state index in [-0.39, 0.29) is 11.3 Å². The largest absolute Gasteiger partial charge is 0.507 e. The summed E-state index contributed by atoms with van der Waals surface area (Å²) in [5, 5.41) is 9.84. The number of rotatable bonds is 3. The standard InChI is InChI=1S/C15H15NO4/c1-9-8-13(17)14(15(18)20-9)10(2)16-11-4-6-12(19-3)7-5-11/h4-8,17H,1-3H3. The van der Waals surface area contributed by atoms with Crippen molar-refractivity contribution in [3.63, 3.8) is 0 Å². The molecule has 0 unspecified atom stereocenters. The van der Waals surface area contributed by atoms with Gasteiger partial charge < -0.3 is 14.3 Å². The highest BCUT2D eigenvalue weighted by Gasteiger charge is 2.12. The lowest BCUT2D eigenvalue weighted by Gasteiger charge is -2.04. The Hall–Kier alpha value is -2.56. The van der Waals surface area contributed by atoms with Crippen molar-refractivity contribution in [2.45, 2.75) is 13.8 Å². The number of methoxy groups -OCH3 is 1. The zero-order valence-electron chi connectivity index (χ0n) is 11.5. The molecule has 5 heteroatoms. The molecular formula is C15H15NO4. The quantitative estimate of drug-likeness (QED) is 0.873. The molecule has 0 spiro atoms. The Bertz CT molecular complexity index is 699. The van der Waals surface area contributed by atoms with Crippen LogP contribution in [0, 0.1) is 6.92 Å². The minimum absolute atomic E-state index is 0.0754. The summed E-state index contributed by atoms with van der Waals surface area (Å²) in [6, 6.07) is 8.45. The van der Waals surface area contributed by atoms with E-state index in [4.69, 9.17) is 9.15 Å². The SMILES string of the molecule is COc1ccc(N=C(C)c2c(O)cc(C)oc2=O)cc1. The van der Waals surface area contributed by atoms with Gasteiger partial charge in [-0.1, -0.05) is 0 Å². The van der Waals surface area contributed by atoms with E-state index in [0.29, 0.717) is 17.2 Å². The smallest absolute Gasteiger partial charge is 0.348 e. The third kappa shape index (κ3) is 2.88. The number of nitrogens with zero attached hydrogens (tertiary/aromatic N) is 1. The topological polar surface area (TPSA) is 72.0 Å². The minimum Gasteiger partial charge on any atom is -0.507 e. The van der Waals surface area contributed by atoms with Crippen molar-refractivity contribution < 1.29 is 14.3 Å². The van der Waals surface area contributed by atoms with Gasteiger partial charge in [-0.05, 0) is 38.1 Å². The van der Waals surface area contributed by atoms with Crippen LogP contribution >= 0.6 is 0 Å². The molecule has 1 aromatic carbocycles. The molecule has 0 aliphatic heterocycles. The molecule has 2 rings (SSSR count). The van der Waals surface area contributed by atoms with Gasteiger partial charge in [-0.25, -0.2) is 4.79 Å². The molecule has 0 aliphatic carbocycles. The number of ether oxygens (including phenoxy) is 1. The molecular weight excluding hydrogens is 258 g/mol. The van der Waals surface area contributed by atoms with Crippen molar-refractivity contribution in [2.75, 3.05) is 7.11 Å². The molecule has 0 saturated carbocycles. The van der Waals surface area contributed by atoms with E-state index in [1.54, 1.807) is 45.2 Å². The molecule has 0 aliphatic rings. The van der Waals surface area contributed by atoms with Crippen molar-refractivity contribution in [2.24, 2.45) is 4.99 Å². The van der Waals surface area contributed by atoms with Gasteiger partial charge in [0, 0.05) is 6.07 Å². The average molecular weight is 273 g/mol. The van der Waals surface area contributed by atoms with Gasteiger partial charge in [0.15, 0.2) is 0 Å². The summed E-state index contributed by atoms with van der Waals surface area (Å²) in [7, 11) is 1.58. The van der Waals surface area contributed by atoms with Gasteiger partial charge in [0.05, 0.1) is 18.5 Å². The first-order valence-electron chi connectivity index (χ1n) is 6.04. The van der Waals surface area contributed by atoms with E-state index >= 15 is 0 Å². The van der Waals surface area contributed by atoms with E-state index in [1.807, 2.05) is 0 Å². The van der Waals surface area contributed by atoms with Gasteiger partial charge >= 0.3 is 5.63 Å². The normalized spacial score (nSPS) is 11.4. The number of hydrogen-bond acceptors (Lipinski definition) is 5. The summed E-state index contributed by atoms with van der Waals surface area (Å²) in [6.45, 7) is 3.24. The molecule has 1 N–H and O–H groups in total. The fourth-order valence-corrected chi connectivity index (χ4v) is 1.84. The van der Waals surface area contributed by atoms with Crippen LogP contribution in [0.2, 0.25) is 0 Å². The summed E-state index contributed by atoms with van der Waals surface area (Å²) in [4.78, 5) is 16.1. The van der Waals surface area contributed by atoms with Gasteiger partial charge in [0.2, 0.25) is 0 Å². The number of aliphatic imine (C=N–C) groups is 1. The van der Waals surface area contributed by atoms with Crippen molar-refractivity contribution in [3.05, 3.63) is 52.1 Å². The van der Waals surface area contributed by atoms with Gasteiger partial charge in [0.25, 0.3) is 0 Å². The molecule has 0 atom stereocenters. The number of hydrogen-bond donors (Lipinski definition) is 1. The zero-order valence-corrected chi connectivity index (χ0v) is 11.5. The Balaban J connectivity index is 2.42. The predicted molar refractivity (Wildman–Crippen MR) is 76.2 cm³/mol. The average Bonchev–Trinajstić information content (AvgIpc) is 2.38. The molecule has 104 valence electrons. The highest BCUT2D eigenvalue weighted by molar-refractivity contribution is 6.01. The summed E-state index contributed by atoms with van der Waals surface area (Å²) < 4.78 is 10.0. The summed E-state index contributed by atoms with van der Waals surface area (Å²) in [5.41, 5.74) is 0.521. The molecule has 0 fully saturated rings. The van der Waals surface area contributed by atoms with Crippen LogP contribution in [-0.2, 0) is 0 Å². The van der Waals surface area contributed by atoms with E-state index in [2.05, 4.69) is 4.99 Å². The monoisotopic (exact) mass is 273 g/mol. The molecule has 2 aromatic rings. The van der Waals surface area contributed by atoms with Crippen LogP contribution in [0.25, 0.3) is 0 Å². The van der Waals surface area contributed by atoms with E-state index in [9.17, 15) is 9.90 Å². The molecule has 5 nitrogen and oxygen atoms in total. The van der Waals surface area contributed by atoms with Crippen LogP contribution in [0.1, 0.15) is 18.2 Å². The predicted octanol–water partition coefficient (Wildman–Crippen LogP) is 2.80. The van der Waals surface area contributed by atoms with Crippen LogP contribution in [0.3, 0.4) is 0 Å². The fourth-order valence-electron chi connectivity index (χ4n) is 1.84. The Labute approximate surface area is 116 Å². The third-order valence-corrected chi connectivity index (χ3v) is 2.78. The second kappa shape index (κ2) is 5.61. The highest BCUT2D eigenvalue weighted by Crippen LogP contribution is 2.21. The van der Waals surface area contributed by atoms with Crippen molar-refractivity contribution >= 4 is 11.4 Å². The molecule has 20 heavy (non-hydrogen) atoms. The zero-order chi connectivity index (χ0) is 14.7. The lowest BCUT2D eigenvalue weighted by atomic mass is 10.1. The highest BCUT2D eigenvalue weighted by atomic mass is 16.5. The Morgan fingerprint density at radius 3 is 2.50 bits per heavy atom. The maximum Gasteiger partial charge on any atom is 0.348 e. The van der Waals surface area contributed by atoms with Gasteiger partial charge in [0.1, 0.15) is 22.8 Å². The Kier molecular flexibility index (Phi) is 3.89. The number of aromatic hydroxyl groups is 1. The molecule has 1 heterocycles. The molecule has 0 bridgehead atoms. The maximum absolute atomic E-state index is 11.8. The minimum atomic E-state index is -0.600. The number of benzene rings is 1. The van der Waals surface area contributed by atoms with Crippen LogP contribution in [0.5, 0.6) is 11.5 Å². The molecule has 0 radical (unpaired) electrons. The Morgan fingerprint density at radius 1 is 1.30 bits per heavy atom. The van der Waals surface area contributed by atoms with Gasteiger partial charge in [-0.15, -0.1) is 0 Å². The molecule has 0 amide bonds. The van der Waals surface area contributed by atoms with Crippen LogP contribution in [-0.4, -0.2) is 17.9 Å². The van der Waals surface area contributed by atoms with Crippen LogP contribution in [0.4, 0.5) is 5.69 Å². The third-order valence-electron chi connectivity index (χ3n) is 2.78. The second-order valence-corrected chi connectivity index (χ2v) is 4.30. The molecule has 0 saturated heterocycles. The van der Waals surface area contributed by atoms with Crippen molar-refractivity contribution in [1.82, 2.24) is 0 Å². The summed E-state index contributed by atoms with van der Waals surface area (Å²) in [6.07, 6.45) is 0. The fraction of sp³-hybridized carbons (Fsp3) is 0.200. The van der Waals surface area contributed by atoms with Gasteiger partial charge in [-0.2, -0.15) is 0 Å². The first kappa shape index (κ1) is 13.9. The van der Waals surface area contributed by atoms with E-state index in [0.717, 1.165) is 5.75 Å². The van der Waals surface area contributed by atoms with Crippen molar-refractivity contribution in [1.29, 1.82) is 0 Å². The first-order chi connectivity index (χ1) is 9.51. The van der Waals surface area contributed by atoms with E-state index < -0.39 is 5.63 Å². The lowest BCUT2D eigenvalue weighted by molar-refractivity contribution is 0.415. The van der Waals surface area contributed by atoms with Gasteiger partial charge in [-0.3, -0.25) is 4.99 Å². The molecule has 1 aromatic heterocycles. The number of aryl methyl sites for hydroxylation is 1. The van der Waals surface area contributed by atoms with Crippen molar-refractivity contribution in [3.8, 4) is 11.5 Å². The first-order valence-corrected chi connectivity index (χ1v) is 6.04. The Morgan fingerprint density at radius 2 is 1.95 bits per heavy atom. The summed E-state index contributed by atoms with van der Waals surface area (Å²) >= 11 is 0.